The van der Waals surface area contributed by atoms with Crippen LogP contribution in [0, 0.1) is 13.8 Å². The predicted octanol–water partition coefficient (Wildman–Crippen LogP) is 4.89. The van der Waals surface area contributed by atoms with Gasteiger partial charge in [-0.1, -0.05) is 11.8 Å². The second-order valence-electron chi connectivity index (χ2n) is 7.52. The van der Waals surface area contributed by atoms with Gasteiger partial charge < -0.3 is 22.9 Å². The summed E-state index contributed by atoms with van der Waals surface area (Å²) in [5.41, 5.74) is 3.32. The molecule has 0 unspecified atom stereocenters. The van der Waals surface area contributed by atoms with Crippen molar-refractivity contribution in [3.05, 3.63) is 65.4 Å². The SMILES string of the molecule is Cc1cc(C(=O)[C@@H](C)Sc2nnc(-c3ccc4c(c3)OCO4)o2)c(C)n1Cc1ccco1. The lowest BCUT2D eigenvalue weighted by Gasteiger charge is -2.10. The normalized spacial score (nSPS) is 13.5. The van der Waals surface area contributed by atoms with Crippen LogP contribution in [0.25, 0.3) is 11.5 Å². The van der Waals surface area contributed by atoms with Gasteiger partial charge in [-0.15, -0.1) is 10.2 Å². The Morgan fingerprint density at radius 2 is 2.00 bits per heavy atom. The van der Waals surface area contributed by atoms with Crippen LogP contribution in [0.15, 0.2) is 56.7 Å². The van der Waals surface area contributed by atoms with Crippen molar-refractivity contribution < 1.29 is 23.1 Å². The molecule has 0 aliphatic carbocycles. The molecule has 0 saturated carbocycles. The van der Waals surface area contributed by atoms with Crippen LogP contribution < -0.4 is 9.47 Å². The summed E-state index contributed by atoms with van der Waals surface area (Å²) in [5.74, 6) is 2.55. The van der Waals surface area contributed by atoms with Gasteiger partial charge in [0.15, 0.2) is 17.3 Å². The number of benzene rings is 1. The van der Waals surface area contributed by atoms with Gasteiger partial charge in [0, 0.05) is 22.5 Å². The number of carbonyl (C=O) groups is 1. The van der Waals surface area contributed by atoms with Crippen molar-refractivity contribution in [1.29, 1.82) is 0 Å². The molecule has 164 valence electrons. The molecule has 8 nitrogen and oxygen atoms in total. The van der Waals surface area contributed by atoms with Crippen molar-refractivity contribution in [1.82, 2.24) is 14.8 Å². The van der Waals surface area contributed by atoms with Gasteiger partial charge in [0.1, 0.15) is 5.76 Å². The van der Waals surface area contributed by atoms with Crippen LogP contribution in [0.5, 0.6) is 11.5 Å². The Kier molecular flexibility index (Phi) is 5.26. The first kappa shape index (κ1) is 20.4. The van der Waals surface area contributed by atoms with Crippen molar-refractivity contribution in [3.63, 3.8) is 0 Å². The van der Waals surface area contributed by atoms with Crippen molar-refractivity contribution in [2.75, 3.05) is 6.79 Å². The smallest absolute Gasteiger partial charge is 0.277 e. The fraction of sp³-hybridized carbons (Fsp3) is 0.261. The van der Waals surface area contributed by atoms with Crippen molar-refractivity contribution in [2.45, 2.75) is 37.8 Å². The van der Waals surface area contributed by atoms with Crippen molar-refractivity contribution in [3.8, 4) is 23.0 Å². The number of furan rings is 1. The number of fused-ring (bicyclic) bond motifs is 1. The monoisotopic (exact) mass is 451 g/mol. The maximum atomic E-state index is 13.2. The summed E-state index contributed by atoms with van der Waals surface area (Å²) in [6, 6.07) is 11.1. The van der Waals surface area contributed by atoms with Crippen LogP contribution in [0.1, 0.15) is 34.4 Å². The third kappa shape index (κ3) is 3.80. The molecule has 1 aromatic carbocycles. The molecule has 4 aromatic rings. The van der Waals surface area contributed by atoms with Crippen LogP contribution in [-0.4, -0.2) is 32.6 Å². The molecule has 1 atom stereocenters. The highest BCUT2D eigenvalue weighted by molar-refractivity contribution is 8.00. The Labute approximate surface area is 188 Å². The zero-order valence-corrected chi connectivity index (χ0v) is 18.6. The molecular formula is C23H21N3O5S. The minimum Gasteiger partial charge on any atom is -0.467 e. The number of aromatic nitrogens is 3. The van der Waals surface area contributed by atoms with E-state index in [2.05, 4.69) is 14.8 Å². The van der Waals surface area contributed by atoms with E-state index >= 15 is 0 Å². The molecule has 0 radical (unpaired) electrons. The average Bonchev–Trinajstić information content (AvgIpc) is 3.58. The summed E-state index contributed by atoms with van der Waals surface area (Å²) in [7, 11) is 0. The fourth-order valence-corrected chi connectivity index (χ4v) is 4.43. The minimum atomic E-state index is -0.391. The number of aryl methyl sites for hydroxylation is 1. The number of nitrogens with zero attached hydrogens (tertiary/aromatic N) is 3. The van der Waals surface area contributed by atoms with Crippen molar-refractivity contribution >= 4 is 17.5 Å². The van der Waals surface area contributed by atoms with E-state index in [-0.39, 0.29) is 12.6 Å². The van der Waals surface area contributed by atoms with Gasteiger partial charge >= 0.3 is 0 Å². The van der Waals surface area contributed by atoms with E-state index in [1.807, 2.05) is 45.0 Å². The van der Waals surface area contributed by atoms with E-state index in [0.29, 0.717) is 34.7 Å². The average molecular weight is 452 g/mol. The number of ketones is 1. The van der Waals surface area contributed by atoms with Crippen molar-refractivity contribution in [2.24, 2.45) is 0 Å². The first-order valence-corrected chi connectivity index (χ1v) is 11.0. The number of hydrogen-bond acceptors (Lipinski definition) is 8. The van der Waals surface area contributed by atoms with Crippen LogP contribution in [0.3, 0.4) is 0 Å². The largest absolute Gasteiger partial charge is 0.467 e. The van der Waals surface area contributed by atoms with Crippen LogP contribution in [0.2, 0.25) is 0 Å². The molecule has 0 spiro atoms. The molecule has 0 bridgehead atoms. The molecule has 0 saturated heterocycles. The molecular weight excluding hydrogens is 430 g/mol. The number of ether oxygens (including phenoxy) is 2. The van der Waals surface area contributed by atoms with Crippen LogP contribution >= 0.6 is 11.8 Å². The van der Waals surface area contributed by atoms with Gasteiger partial charge in [0.05, 0.1) is 18.1 Å². The van der Waals surface area contributed by atoms with Gasteiger partial charge in [0.2, 0.25) is 12.7 Å². The highest BCUT2D eigenvalue weighted by atomic mass is 32.2. The van der Waals surface area contributed by atoms with E-state index in [1.54, 1.807) is 18.4 Å². The highest BCUT2D eigenvalue weighted by Crippen LogP contribution is 2.36. The molecule has 3 aromatic heterocycles. The standard InChI is InChI=1S/C23H21N3O5S/c1-13-9-18(14(2)26(13)11-17-5-4-8-28-17)21(27)15(3)32-23-25-24-22(31-23)16-6-7-19-20(10-16)30-12-29-19/h4-10,15H,11-12H2,1-3H3/t15-/m1/s1. The topological polar surface area (TPSA) is 92.5 Å². The molecule has 9 heteroatoms. The first-order valence-electron chi connectivity index (χ1n) is 10.1. The number of Topliss-reactive ketones (excluding diaryl/α,β-unsaturated/α-hetero) is 1. The van der Waals surface area contributed by atoms with E-state index in [0.717, 1.165) is 22.7 Å². The number of carbonyl (C=O) groups excluding carboxylic acids is 1. The van der Waals surface area contributed by atoms with E-state index in [1.165, 1.54) is 11.8 Å². The lowest BCUT2D eigenvalue weighted by atomic mass is 10.1. The van der Waals surface area contributed by atoms with E-state index < -0.39 is 5.25 Å². The summed E-state index contributed by atoms with van der Waals surface area (Å²) in [6.45, 7) is 6.56. The third-order valence-electron chi connectivity index (χ3n) is 5.41. The number of thioether (sulfide) groups is 1. The van der Waals surface area contributed by atoms with Crippen LogP contribution in [-0.2, 0) is 6.54 Å². The molecule has 1 aliphatic heterocycles. The molecule has 32 heavy (non-hydrogen) atoms. The maximum absolute atomic E-state index is 13.2. The Balaban J connectivity index is 1.30. The van der Waals surface area contributed by atoms with Gasteiger partial charge in [-0.25, -0.2) is 0 Å². The summed E-state index contributed by atoms with van der Waals surface area (Å²) in [4.78, 5) is 13.2. The van der Waals surface area contributed by atoms with Gasteiger partial charge in [-0.3, -0.25) is 4.79 Å². The Morgan fingerprint density at radius 1 is 1.16 bits per heavy atom. The Morgan fingerprint density at radius 3 is 2.81 bits per heavy atom. The van der Waals surface area contributed by atoms with Crippen LogP contribution in [0.4, 0.5) is 0 Å². The number of hydrogen-bond donors (Lipinski definition) is 0. The molecule has 5 rings (SSSR count). The molecule has 0 N–H and O–H groups in total. The number of rotatable bonds is 7. The summed E-state index contributed by atoms with van der Waals surface area (Å²) < 4.78 is 24.0. The van der Waals surface area contributed by atoms with E-state index in [9.17, 15) is 4.79 Å². The first-order chi connectivity index (χ1) is 15.5. The lowest BCUT2D eigenvalue weighted by molar-refractivity contribution is 0.0993. The second-order valence-corrected chi connectivity index (χ2v) is 8.81. The quantitative estimate of drug-likeness (QED) is 0.290. The molecule has 0 amide bonds. The predicted molar refractivity (Wildman–Crippen MR) is 117 cm³/mol. The highest BCUT2D eigenvalue weighted by Gasteiger charge is 2.24. The molecule has 1 aliphatic rings. The second kappa shape index (κ2) is 8.23. The summed E-state index contributed by atoms with van der Waals surface area (Å²) in [5, 5.41) is 8.16. The summed E-state index contributed by atoms with van der Waals surface area (Å²) >= 11 is 1.24. The van der Waals surface area contributed by atoms with Gasteiger partial charge in [0.25, 0.3) is 5.22 Å². The fourth-order valence-electron chi connectivity index (χ4n) is 3.68. The van der Waals surface area contributed by atoms with Gasteiger partial charge in [-0.2, -0.15) is 0 Å². The molecule has 0 fully saturated rings. The van der Waals surface area contributed by atoms with E-state index in [4.69, 9.17) is 18.3 Å². The van der Waals surface area contributed by atoms with Gasteiger partial charge in [-0.05, 0) is 57.2 Å². The molecule has 4 heterocycles. The Bertz CT molecular complexity index is 1280. The zero-order chi connectivity index (χ0) is 22.2. The minimum absolute atomic E-state index is 0.0108. The Hall–Kier alpha value is -3.46. The summed E-state index contributed by atoms with van der Waals surface area (Å²) in [6.07, 6.45) is 1.65. The maximum Gasteiger partial charge on any atom is 0.277 e. The third-order valence-corrected chi connectivity index (χ3v) is 6.34. The zero-order valence-electron chi connectivity index (χ0n) is 17.8. The lowest BCUT2D eigenvalue weighted by Crippen LogP contribution is -2.15.